The highest BCUT2D eigenvalue weighted by molar-refractivity contribution is 5.85. The third-order valence-corrected chi connectivity index (χ3v) is 3.73. The number of hydrogen-bond acceptors (Lipinski definition) is 3. The van der Waals surface area contributed by atoms with Crippen molar-refractivity contribution in [3.8, 4) is 5.75 Å². The van der Waals surface area contributed by atoms with Crippen LogP contribution in [0.5, 0.6) is 5.75 Å². The Kier molecular flexibility index (Phi) is 4.52. The molecule has 0 fully saturated rings. The Bertz CT molecular complexity index is 673. The van der Waals surface area contributed by atoms with Crippen LogP contribution in [-0.2, 0) is 6.42 Å². The summed E-state index contributed by atoms with van der Waals surface area (Å²) in [6.45, 7) is 6.83. The first-order valence-corrected chi connectivity index (χ1v) is 7.28. The molecule has 0 aliphatic carbocycles. The van der Waals surface area contributed by atoms with Crippen LogP contribution in [0, 0.1) is 5.21 Å². The van der Waals surface area contributed by atoms with Gasteiger partial charge in [-0.15, -0.1) is 12.4 Å². The molecule has 0 radical (unpaired) electrons. The highest BCUT2D eigenvalue weighted by atomic mass is 35.5. The zero-order valence-corrected chi connectivity index (χ0v) is 13.9. The topological polar surface area (TPSA) is 39.4 Å². The molecule has 0 saturated carbocycles. The lowest BCUT2D eigenvalue weighted by Gasteiger charge is -2.36. The third-order valence-electron chi connectivity index (χ3n) is 3.73. The van der Waals surface area contributed by atoms with Crippen LogP contribution >= 0.6 is 12.4 Å². The third kappa shape index (κ3) is 2.97. The van der Waals surface area contributed by atoms with E-state index in [0.29, 0.717) is 12.4 Å². The maximum atomic E-state index is 12.1. The molecule has 0 spiro atoms. The maximum absolute atomic E-state index is 12.1. The Balaban J connectivity index is 0.00000176. The highest BCUT2D eigenvalue weighted by Crippen LogP contribution is 2.40. The summed E-state index contributed by atoms with van der Waals surface area (Å²) in [4.78, 5) is 2.05. The Hall–Kier alpha value is -1.94. The van der Waals surface area contributed by atoms with Crippen molar-refractivity contribution in [1.29, 1.82) is 0 Å². The van der Waals surface area contributed by atoms with Crippen molar-refractivity contribution >= 4 is 23.9 Å². The molecule has 2 heterocycles. The smallest absolute Gasteiger partial charge is 0.285 e. The molecule has 0 bridgehead atoms. The summed E-state index contributed by atoms with van der Waals surface area (Å²) in [6, 6.07) is 11.7. The second-order valence-corrected chi connectivity index (χ2v) is 5.99. The van der Waals surface area contributed by atoms with Crippen LogP contribution in [0.2, 0.25) is 0 Å². The van der Waals surface area contributed by atoms with Crippen LogP contribution in [-0.4, -0.2) is 12.1 Å². The number of fused-ring (bicyclic) bond motifs is 1. The van der Waals surface area contributed by atoms with Crippen molar-refractivity contribution in [2.45, 2.75) is 32.8 Å². The molecule has 118 valence electrons. The predicted octanol–water partition coefficient (Wildman–Crippen LogP) is 3.61. The first-order valence-electron chi connectivity index (χ1n) is 7.28. The summed E-state index contributed by atoms with van der Waals surface area (Å²) in [5.41, 5.74) is 1.85. The average Bonchev–Trinajstić information content (AvgIpc) is 2.46. The molecular formula is C17H21ClN2O2. The summed E-state index contributed by atoms with van der Waals surface area (Å²) >= 11 is 0. The normalized spacial score (nSPS) is 15.5. The van der Waals surface area contributed by atoms with Crippen molar-refractivity contribution < 1.29 is 9.47 Å². The first kappa shape index (κ1) is 16.4. The number of aromatic nitrogens is 1. The van der Waals surface area contributed by atoms with Gasteiger partial charge in [0.05, 0.1) is 6.20 Å². The molecule has 0 amide bonds. The van der Waals surface area contributed by atoms with E-state index >= 15 is 0 Å². The van der Waals surface area contributed by atoms with Gasteiger partial charge in [0.1, 0.15) is 12.1 Å². The maximum Gasteiger partial charge on any atom is 0.285 e. The molecule has 1 aliphatic rings. The molecule has 1 aromatic carbocycles. The summed E-state index contributed by atoms with van der Waals surface area (Å²) < 4.78 is 6.96. The molecular weight excluding hydrogens is 300 g/mol. The summed E-state index contributed by atoms with van der Waals surface area (Å²) in [5, 5.41) is 12.1. The van der Waals surface area contributed by atoms with Crippen molar-refractivity contribution in [2.24, 2.45) is 0 Å². The van der Waals surface area contributed by atoms with Gasteiger partial charge in [-0.3, -0.25) is 0 Å². The second-order valence-electron chi connectivity index (χ2n) is 5.99. The minimum atomic E-state index is -0.344. The average molecular weight is 321 g/mol. The van der Waals surface area contributed by atoms with Gasteiger partial charge in [0.15, 0.2) is 11.4 Å². The number of rotatable bonds is 2. The van der Waals surface area contributed by atoms with E-state index in [2.05, 4.69) is 19.1 Å². The van der Waals surface area contributed by atoms with E-state index in [1.165, 1.54) is 11.8 Å². The minimum Gasteiger partial charge on any atom is -0.711 e. The molecule has 1 aromatic heterocycles. The monoisotopic (exact) mass is 320 g/mol. The van der Waals surface area contributed by atoms with Crippen LogP contribution in [0.15, 0.2) is 42.6 Å². The lowest BCUT2D eigenvalue weighted by molar-refractivity contribution is -0.592. The number of anilines is 2. The first-order chi connectivity index (χ1) is 10.00. The second kappa shape index (κ2) is 6.05. The quantitative estimate of drug-likeness (QED) is 0.627. The Labute approximate surface area is 137 Å². The summed E-state index contributed by atoms with van der Waals surface area (Å²) in [5.74, 6) is 1.45. The number of hydrogen-bond donors (Lipinski definition) is 0. The van der Waals surface area contributed by atoms with Crippen molar-refractivity contribution in [1.82, 2.24) is 0 Å². The van der Waals surface area contributed by atoms with Gasteiger partial charge in [-0.2, -0.15) is 0 Å². The zero-order chi connectivity index (χ0) is 15.0. The van der Waals surface area contributed by atoms with E-state index < -0.39 is 0 Å². The fraction of sp³-hybridized carbons (Fsp3) is 0.353. The van der Waals surface area contributed by atoms with Crippen LogP contribution in [0.3, 0.4) is 0 Å². The number of pyridine rings is 1. The number of benzene rings is 1. The minimum absolute atomic E-state index is 0. The van der Waals surface area contributed by atoms with E-state index in [-0.39, 0.29) is 18.0 Å². The molecule has 2 aromatic rings. The molecule has 1 aliphatic heterocycles. The zero-order valence-electron chi connectivity index (χ0n) is 13.1. The van der Waals surface area contributed by atoms with Crippen LogP contribution in [0.1, 0.15) is 26.3 Å². The van der Waals surface area contributed by atoms with Gasteiger partial charge in [-0.05, 0) is 44.0 Å². The van der Waals surface area contributed by atoms with E-state index in [1.54, 1.807) is 6.07 Å². The van der Waals surface area contributed by atoms with Crippen LogP contribution in [0.4, 0.5) is 11.5 Å². The largest absolute Gasteiger partial charge is 0.711 e. The standard InChI is InChI=1S/C17H20N2O2.ClH/c1-4-13-8-9-15-14(11-13)18(12-17(2,3)21-15)16-7-5-6-10-19(16)20;/h5-11H,4,12H2,1-3H3;1H. The van der Waals surface area contributed by atoms with Gasteiger partial charge in [-0.25, -0.2) is 9.63 Å². The van der Waals surface area contributed by atoms with Gasteiger partial charge in [0.25, 0.3) is 5.82 Å². The molecule has 0 N–H and O–H groups in total. The molecule has 22 heavy (non-hydrogen) atoms. The summed E-state index contributed by atoms with van der Waals surface area (Å²) in [6.07, 6.45) is 2.48. The number of ether oxygens (including phenoxy) is 1. The van der Waals surface area contributed by atoms with Crippen molar-refractivity contribution in [3.05, 3.63) is 53.4 Å². The number of aryl methyl sites for hydroxylation is 1. The van der Waals surface area contributed by atoms with Gasteiger partial charge in [0.2, 0.25) is 0 Å². The van der Waals surface area contributed by atoms with Gasteiger partial charge < -0.3 is 9.94 Å². The molecule has 4 nitrogen and oxygen atoms in total. The molecule has 0 atom stereocenters. The van der Waals surface area contributed by atoms with Crippen molar-refractivity contribution in [2.75, 3.05) is 11.4 Å². The molecule has 0 saturated heterocycles. The van der Waals surface area contributed by atoms with Gasteiger partial charge in [-0.1, -0.05) is 19.1 Å². The SMILES string of the molecule is CCc1ccc2c(c1)N(c1cccc[n+]1[O-])CC(C)(C)O2.Cl. The van der Waals surface area contributed by atoms with Crippen LogP contribution < -0.4 is 14.4 Å². The lowest BCUT2D eigenvalue weighted by atomic mass is 10.0. The van der Waals surface area contributed by atoms with E-state index in [4.69, 9.17) is 4.74 Å². The number of halogens is 1. The molecule has 0 unspecified atom stereocenters. The fourth-order valence-corrected chi connectivity index (χ4v) is 2.71. The fourth-order valence-electron chi connectivity index (χ4n) is 2.71. The Morgan fingerprint density at radius 3 is 2.73 bits per heavy atom. The Morgan fingerprint density at radius 1 is 1.27 bits per heavy atom. The van der Waals surface area contributed by atoms with Gasteiger partial charge in [0, 0.05) is 6.07 Å². The number of nitrogens with zero attached hydrogens (tertiary/aromatic N) is 2. The molecule has 3 rings (SSSR count). The Morgan fingerprint density at radius 2 is 2.05 bits per heavy atom. The highest BCUT2D eigenvalue weighted by Gasteiger charge is 2.38. The van der Waals surface area contributed by atoms with Gasteiger partial charge >= 0.3 is 0 Å². The van der Waals surface area contributed by atoms with Crippen LogP contribution in [0.25, 0.3) is 0 Å². The van der Waals surface area contributed by atoms with Crippen molar-refractivity contribution in [3.63, 3.8) is 0 Å². The lowest BCUT2D eigenvalue weighted by Crippen LogP contribution is -2.48. The predicted molar refractivity (Wildman–Crippen MR) is 90.2 cm³/mol. The van der Waals surface area contributed by atoms with E-state index in [9.17, 15) is 5.21 Å². The van der Waals surface area contributed by atoms with E-state index in [0.717, 1.165) is 22.6 Å². The van der Waals surface area contributed by atoms with E-state index in [1.807, 2.05) is 36.9 Å². The molecule has 5 heteroatoms. The summed E-state index contributed by atoms with van der Waals surface area (Å²) in [7, 11) is 0.